The number of nitrogens with zero attached hydrogens (tertiary/aromatic N) is 2. The van der Waals surface area contributed by atoms with Crippen molar-refractivity contribution in [3.63, 3.8) is 0 Å². The Kier molecular flexibility index (Phi) is 4.74. The molecule has 0 saturated carbocycles. The maximum absolute atomic E-state index is 12.2. The van der Waals surface area contributed by atoms with Gasteiger partial charge in [-0.3, -0.25) is 14.2 Å². The van der Waals surface area contributed by atoms with Gasteiger partial charge < -0.3 is 9.73 Å². The third kappa shape index (κ3) is 3.65. The van der Waals surface area contributed by atoms with Crippen molar-refractivity contribution in [2.45, 2.75) is 19.9 Å². The van der Waals surface area contributed by atoms with Crippen LogP contribution < -0.4 is 16.5 Å². The molecule has 0 radical (unpaired) electrons. The summed E-state index contributed by atoms with van der Waals surface area (Å²) in [6.45, 7) is 2.38. The number of carbonyl (C=O) groups excluding carboxylic acids is 1. The average Bonchev–Trinajstić information content (AvgIpc) is 2.62. The zero-order valence-corrected chi connectivity index (χ0v) is 13.7. The molecule has 0 fully saturated rings. The van der Waals surface area contributed by atoms with Crippen LogP contribution in [0.2, 0.25) is 0 Å². The second-order valence-electron chi connectivity index (χ2n) is 5.51. The van der Waals surface area contributed by atoms with Gasteiger partial charge in [0.15, 0.2) is 0 Å². The molecule has 0 aliphatic carbocycles. The van der Waals surface area contributed by atoms with E-state index in [2.05, 4.69) is 10.3 Å². The predicted octanol–water partition coefficient (Wildman–Crippen LogP) is 1.34. The lowest BCUT2D eigenvalue weighted by Gasteiger charge is -2.07. The number of benzene rings is 1. The van der Waals surface area contributed by atoms with Crippen LogP contribution in [0, 0.1) is 0 Å². The van der Waals surface area contributed by atoms with Crippen molar-refractivity contribution in [1.29, 1.82) is 0 Å². The Labute approximate surface area is 142 Å². The first-order valence-electron chi connectivity index (χ1n) is 7.95. The van der Waals surface area contributed by atoms with E-state index in [9.17, 15) is 14.4 Å². The summed E-state index contributed by atoms with van der Waals surface area (Å²) >= 11 is 0. The van der Waals surface area contributed by atoms with Crippen LogP contribution in [-0.4, -0.2) is 22.0 Å². The molecule has 1 aromatic carbocycles. The number of nitrogens with one attached hydrogen (secondary N) is 1. The summed E-state index contributed by atoms with van der Waals surface area (Å²) in [6, 6.07) is 9.94. The van der Waals surface area contributed by atoms with Gasteiger partial charge in [-0.25, -0.2) is 9.78 Å². The lowest BCUT2D eigenvalue weighted by molar-refractivity contribution is 0.0948. The van der Waals surface area contributed by atoms with Crippen LogP contribution in [0.25, 0.3) is 11.0 Å². The highest BCUT2D eigenvalue weighted by molar-refractivity contribution is 5.96. The largest absolute Gasteiger partial charge is 0.422 e. The Morgan fingerprint density at radius 3 is 2.80 bits per heavy atom. The Hall–Kier alpha value is -3.22. The number of carbonyl (C=O) groups is 1. The predicted molar refractivity (Wildman–Crippen MR) is 92.7 cm³/mol. The molecular formula is C18H17N3O4. The molecule has 3 aromatic rings. The Balaban J connectivity index is 1.70. The van der Waals surface area contributed by atoms with Gasteiger partial charge >= 0.3 is 5.63 Å². The fourth-order valence-electron chi connectivity index (χ4n) is 2.43. The molecule has 25 heavy (non-hydrogen) atoms. The zero-order valence-electron chi connectivity index (χ0n) is 13.7. The van der Waals surface area contributed by atoms with Gasteiger partial charge in [0.25, 0.3) is 11.5 Å². The number of hydrogen-bond acceptors (Lipinski definition) is 5. The molecule has 3 rings (SSSR count). The van der Waals surface area contributed by atoms with E-state index in [1.165, 1.54) is 23.0 Å². The van der Waals surface area contributed by atoms with Crippen LogP contribution >= 0.6 is 0 Å². The summed E-state index contributed by atoms with van der Waals surface area (Å²) in [4.78, 5) is 40.2. The van der Waals surface area contributed by atoms with Gasteiger partial charge in [0.05, 0.1) is 6.33 Å². The van der Waals surface area contributed by atoms with E-state index in [1.54, 1.807) is 24.3 Å². The van der Waals surface area contributed by atoms with Crippen molar-refractivity contribution < 1.29 is 9.21 Å². The monoisotopic (exact) mass is 339 g/mol. The maximum Gasteiger partial charge on any atom is 0.349 e. The van der Waals surface area contributed by atoms with Crippen LogP contribution in [-0.2, 0) is 13.0 Å². The standard InChI is InChI=1S/C18H17N3O4/c1-2-13-10-16(22)21(11-20-13)8-7-19-17(23)14-9-12-5-3-4-6-15(12)25-18(14)24/h3-6,9-11H,2,7-8H2,1H3,(H,19,23). The molecule has 0 atom stereocenters. The van der Waals surface area contributed by atoms with Crippen molar-refractivity contribution in [3.05, 3.63) is 74.8 Å². The van der Waals surface area contributed by atoms with Crippen molar-refractivity contribution in [1.82, 2.24) is 14.9 Å². The molecule has 0 aliphatic heterocycles. The van der Waals surface area contributed by atoms with E-state index in [4.69, 9.17) is 4.42 Å². The van der Waals surface area contributed by atoms with Gasteiger partial charge in [0.1, 0.15) is 11.1 Å². The van der Waals surface area contributed by atoms with Crippen molar-refractivity contribution in [3.8, 4) is 0 Å². The van der Waals surface area contributed by atoms with Gasteiger partial charge in [0, 0.05) is 30.2 Å². The van der Waals surface area contributed by atoms with E-state index >= 15 is 0 Å². The molecular weight excluding hydrogens is 322 g/mol. The third-order valence-corrected chi connectivity index (χ3v) is 3.82. The minimum absolute atomic E-state index is 0.0643. The van der Waals surface area contributed by atoms with Crippen molar-refractivity contribution >= 4 is 16.9 Å². The van der Waals surface area contributed by atoms with Crippen LogP contribution in [0.3, 0.4) is 0 Å². The lowest BCUT2D eigenvalue weighted by Crippen LogP contribution is -2.33. The zero-order chi connectivity index (χ0) is 17.8. The van der Waals surface area contributed by atoms with E-state index in [1.807, 2.05) is 6.92 Å². The highest BCUT2D eigenvalue weighted by Gasteiger charge is 2.13. The fraction of sp³-hybridized carbons (Fsp3) is 0.222. The van der Waals surface area contributed by atoms with Gasteiger partial charge in [-0.1, -0.05) is 25.1 Å². The summed E-state index contributed by atoms with van der Waals surface area (Å²) in [5, 5.41) is 3.29. The van der Waals surface area contributed by atoms with E-state index < -0.39 is 11.5 Å². The molecule has 7 heteroatoms. The first-order chi connectivity index (χ1) is 12.1. The number of amides is 1. The van der Waals surface area contributed by atoms with Crippen LogP contribution in [0.4, 0.5) is 0 Å². The van der Waals surface area contributed by atoms with Crippen molar-refractivity contribution in [2.75, 3.05) is 6.54 Å². The Bertz CT molecular complexity index is 1040. The van der Waals surface area contributed by atoms with Gasteiger partial charge in [-0.15, -0.1) is 0 Å². The van der Waals surface area contributed by atoms with Crippen LogP contribution in [0.5, 0.6) is 0 Å². The van der Waals surface area contributed by atoms with Crippen LogP contribution in [0.15, 0.2) is 56.7 Å². The highest BCUT2D eigenvalue weighted by atomic mass is 16.4. The molecule has 0 unspecified atom stereocenters. The molecule has 7 nitrogen and oxygen atoms in total. The van der Waals surface area contributed by atoms with E-state index in [0.29, 0.717) is 17.4 Å². The Morgan fingerprint density at radius 1 is 1.24 bits per heavy atom. The molecule has 1 N–H and O–H groups in total. The SMILES string of the molecule is CCc1cc(=O)n(CCNC(=O)c2cc3ccccc3oc2=O)cn1. The minimum Gasteiger partial charge on any atom is -0.422 e. The smallest absolute Gasteiger partial charge is 0.349 e. The Morgan fingerprint density at radius 2 is 2.04 bits per heavy atom. The summed E-state index contributed by atoms with van der Waals surface area (Å²) in [5.74, 6) is -0.536. The molecule has 0 bridgehead atoms. The number of hydrogen-bond donors (Lipinski definition) is 1. The number of aromatic nitrogens is 2. The van der Waals surface area contributed by atoms with Gasteiger partial charge in [-0.05, 0) is 18.6 Å². The molecule has 0 spiro atoms. The number of para-hydroxylation sites is 1. The van der Waals surface area contributed by atoms with Crippen LogP contribution in [0.1, 0.15) is 23.0 Å². The molecule has 2 heterocycles. The maximum atomic E-state index is 12.2. The lowest BCUT2D eigenvalue weighted by atomic mass is 10.2. The summed E-state index contributed by atoms with van der Waals surface area (Å²) in [7, 11) is 0. The van der Waals surface area contributed by atoms with E-state index in [0.717, 1.165) is 5.69 Å². The normalized spacial score (nSPS) is 10.8. The minimum atomic E-state index is -0.692. The molecule has 128 valence electrons. The average molecular weight is 339 g/mol. The second-order valence-corrected chi connectivity index (χ2v) is 5.51. The molecule has 2 aromatic heterocycles. The summed E-state index contributed by atoms with van der Waals surface area (Å²) in [5.41, 5.74) is 0.218. The summed E-state index contributed by atoms with van der Waals surface area (Å²) < 4.78 is 6.55. The summed E-state index contributed by atoms with van der Waals surface area (Å²) in [6.07, 6.45) is 2.14. The number of fused-ring (bicyclic) bond motifs is 1. The fourth-order valence-corrected chi connectivity index (χ4v) is 2.43. The van der Waals surface area contributed by atoms with Crippen molar-refractivity contribution in [2.24, 2.45) is 0 Å². The first kappa shape index (κ1) is 16.6. The third-order valence-electron chi connectivity index (χ3n) is 3.82. The number of rotatable bonds is 5. The molecule has 0 aliphatic rings. The molecule has 0 saturated heterocycles. The highest BCUT2D eigenvalue weighted by Crippen LogP contribution is 2.12. The quantitative estimate of drug-likeness (QED) is 0.708. The van der Waals surface area contributed by atoms with Gasteiger partial charge in [-0.2, -0.15) is 0 Å². The second kappa shape index (κ2) is 7.12. The molecule has 1 amide bonds. The topological polar surface area (TPSA) is 94.2 Å². The first-order valence-corrected chi connectivity index (χ1v) is 7.95. The van der Waals surface area contributed by atoms with E-state index in [-0.39, 0.29) is 24.2 Å². The van der Waals surface area contributed by atoms with Gasteiger partial charge in [0.2, 0.25) is 0 Å². The number of aryl methyl sites for hydroxylation is 1.